The Balaban J connectivity index is 1.22. The van der Waals surface area contributed by atoms with Gasteiger partial charge in [-0.3, -0.25) is 0 Å². The maximum Gasteiger partial charge on any atom is 0.345 e. The van der Waals surface area contributed by atoms with Crippen LogP contribution in [0.2, 0.25) is 5.02 Å². The highest BCUT2D eigenvalue weighted by molar-refractivity contribution is 7.90. The Bertz CT molecular complexity index is 2990. The van der Waals surface area contributed by atoms with Crippen molar-refractivity contribution in [1.82, 2.24) is 24.8 Å². The third kappa shape index (κ3) is 10.4. The van der Waals surface area contributed by atoms with Crippen molar-refractivity contribution in [3.05, 3.63) is 125 Å². The van der Waals surface area contributed by atoms with Crippen LogP contribution in [0.5, 0.6) is 28.9 Å². The van der Waals surface area contributed by atoms with Crippen molar-refractivity contribution >= 4 is 49.0 Å². The van der Waals surface area contributed by atoms with Crippen molar-refractivity contribution in [2.24, 2.45) is 0 Å². The van der Waals surface area contributed by atoms with E-state index in [1.165, 1.54) is 36.1 Å². The van der Waals surface area contributed by atoms with Gasteiger partial charge in [-0.05, 0) is 85.3 Å². The fourth-order valence-electron chi connectivity index (χ4n) is 7.38. The summed E-state index contributed by atoms with van der Waals surface area (Å²) in [7, 11) is 0.115. The second-order valence-electron chi connectivity index (χ2n) is 15.4. The van der Waals surface area contributed by atoms with Crippen LogP contribution in [0.3, 0.4) is 0 Å². The number of nitrogens with zero attached hydrogens (tertiary/aromatic N) is 5. The van der Waals surface area contributed by atoms with E-state index in [0.29, 0.717) is 88.0 Å². The van der Waals surface area contributed by atoms with Crippen LogP contribution in [0.4, 0.5) is 4.39 Å². The number of sulfone groups is 1. The van der Waals surface area contributed by atoms with Crippen LogP contribution in [0.15, 0.2) is 97.5 Å². The molecule has 0 aliphatic carbocycles. The molecule has 0 spiro atoms. The quantitative estimate of drug-likeness (QED) is 0.124. The van der Waals surface area contributed by atoms with Gasteiger partial charge in [0.05, 0.1) is 34.5 Å². The first kappa shape index (κ1) is 45.2. The summed E-state index contributed by atoms with van der Waals surface area (Å²) < 4.78 is 69.6. The topological polar surface area (TPSA) is 172 Å². The Labute approximate surface area is 383 Å². The fourth-order valence-corrected chi connectivity index (χ4v) is 9.39. The van der Waals surface area contributed by atoms with Gasteiger partial charge in [-0.1, -0.05) is 41.9 Å². The number of hydrogen-bond donors (Lipinski definition) is 1. The second kappa shape index (κ2) is 19.4. The molecule has 0 radical (unpaired) electrons. The predicted molar refractivity (Wildman–Crippen MR) is 246 cm³/mol. The molecule has 2 atom stereocenters. The van der Waals surface area contributed by atoms with Crippen LogP contribution in [0, 0.1) is 12.7 Å². The molecule has 0 amide bonds. The van der Waals surface area contributed by atoms with Crippen LogP contribution in [-0.4, -0.2) is 102 Å². The average molecular weight is 940 g/mol. The highest BCUT2D eigenvalue weighted by Crippen LogP contribution is 2.49. The SMILES string of the molecule is COc1ccccc1-c1nccc(COc2ccc3cc2C[C@H](C(=O)O)Oc2ncnc4sc(-c5ccc(F)cc5)c(c24)-c2ccc(c(Cl)c2C)OC(CN(C)CCS(C)(=O)=O)CO3)n1. The highest BCUT2D eigenvalue weighted by atomic mass is 35.5. The maximum absolute atomic E-state index is 14.3. The third-order valence-corrected chi connectivity index (χ3v) is 13.2. The lowest BCUT2D eigenvalue weighted by atomic mass is 9.96. The molecule has 1 N–H and O–H groups in total. The molecule has 0 saturated carbocycles. The van der Waals surface area contributed by atoms with Crippen LogP contribution in [-0.2, 0) is 27.7 Å². The number of benzene rings is 4. The molecule has 65 heavy (non-hydrogen) atoms. The Hall–Kier alpha value is -6.40. The summed E-state index contributed by atoms with van der Waals surface area (Å²) in [6, 6.07) is 23.8. The first-order valence-corrected chi connectivity index (χ1v) is 23.6. The minimum atomic E-state index is -3.25. The molecular formula is C47H43ClFN5O9S2. The van der Waals surface area contributed by atoms with Gasteiger partial charge >= 0.3 is 5.97 Å². The summed E-state index contributed by atoms with van der Waals surface area (Å²) in [6.45, 7) is 2.33. The molecule has 2 aliphatic rings. The Morgan fingerprint density at radius 1 is 1.00 bits per heavy atom. The van der Waals surface area contributed by atoms with Gasteiger partial charge in [0, 0.05) is 48.0 Å². The molecule has 5 heterocycles. The summed E-state index contributed by atoms with van der Waals surface area (Å²) >= 11 is 8.47. The number of halogens is 2. The van der Waals surface area contributed by atoms with Crippen LogP contribution >= 0.6 is 22.9 Å². The highest BCUT2D eigenvalue weighted by Gasteiger charge is 2.30. The van der Waals surface area contributed by atoms with Crippen molar-refractivity contribution in [2.75, 3.05) is 45.9 Å². The van der Waals surface area contributed by atoms with E-state index in [2.05, 4.69) is 15.0 Å². The standard InChI is InChI=1S/C47H43ClFN5O9S2/c1-27-34-14-16-38(42(27)48)62-33(23-54(2)19-20-65(4,57)58)25-60-32-13-15-36(61-24-31-17-18-50-44(53-31)35-7-5-6-8-37(35)59-3)29(21-32)22-39(47(55)56)63-45-41-40(34)43(64-46(41)52-26-51-45)28-9-11-30(49)12-10-28/h5-18,21,26,33,39H,19-20,22-25H2,1-4H3,(H,55,56)/t33?,39-/m1/s1. The number of aliphatic carboxylic acids is 1. The van der Waals surface area contributed by atoms with Gasteiger partial charge in [0.1, 0.15) is 69.1 Å². The van der Waals surface area contributed by atoms with Crippen LogP contribution in [0.25, 0.3) is 43.2 Å². The smallest absolute Gasteiger partial charge is 0.345 e. The molecule has 18 heteroatoms. The minimum absolute atomic E-state index is 0.000485. The number of carboxylic acid groups (broad SMARTS) is 1. The number of rotatable bonds is 12. The first-order chi connectivity index (χ1) is 31.2. The van der Waals surface area contributed by atoms with Gasteiger partial charge in [-0.2, -0.15) is 0 Å². The summed E-state index contributed by atoms with van der Waals surface area (Å²) in [5, 5.41) is 11.5. The maximum atomic E-state index is 14.3. The molecule has 336 valence electrons. The molecule has 3 aromatic heterocycles. The van der Waals surface area contributed by atoms with Crippen molar-refractivity contribution in [1.29, 1.82) is 0 Å². The summed E-state index contributed by atoms with van der Waals surface area (Å²) in [5.74, 6) is 0.392. The molecule has 0 saturated heterocycles. The van der Waals surface area contributed by atoms with Crippen LogP contribution in [0.1, 0.15) is 16.8 Å². The monoisotopic (exact) mass is 939 g/mol. The van der Waals surface area contributed by atoms with Gasteiger partial charge in [0.2, 0.25) is 12.0 Å². The predicted octanol–water partition coefficient (Wildman–Crippen LogP) is 8.36. The van der Waals surface area contributed by atoms with E-state index in [1.54, 1.807) is 62.8 Å². The molecule has 2 aliphatic heterocycles. The van der Waals surface area contributed by atoms with Gasteiger partial charge in [-0.25, -0.2) is 37.5 Å². The summed E-state index contributed by atoms with van der Waals surface area (Å²) in [4.78, 5) is 34.5. The van der Waals surface area contributed by atoms with Crippen molar-refractivity contribution < 1.29 is 46.4 Å². The molecular weight excluding hydrogens is 897 g/mol. The van der Waals surface area contributed by atoms with E-state index >= 15 is 0 Å². The zero-order valence-corrected chi connectivity index (χ0v) is 38.0. The molecule has 9 rings (SSSR count). The Morgan fingerprint density at radius 2 is 1.80 bits per heavy atom. The van der Waals surface area contributed by atoms with E-state index < -0.39 is 33.8 Å². The minimum Gasteiger partial charge on any atom is -0.496 e. The van der Waals surface area contributed by atoms with E-state index in [9.17, 15) is 22.7 Å². The van der Waals surface area contributed by atoms with E-state index in [4.69, 9.17) is 40.3 Å². The van der Waals surface area contributed by atoms with E-state index in [-0.39, 0.29) is 44.4 Å². The van der Waals surface area contributed by atoms with E-state index in [1.807, 2.05) is 42.2 Å². The van der Waals surface area contributed by atoms with Gasteiger partial charge < -0.3 is 33.7 Å². The zero-order chi connectivity index (χ0) is 45.8. The number of likely N-dealkylation sites (N-methyl/N-ethyl adjacent to an activating group) is 1. The third-order valence-electron chi connectivity index (χ3n) is 10.7. The molecule has 1 unspecified atom stereocenters. The van der Waals surface area contributed by atoms with Crippen LogP contribution < -0.4 is 23.7 Å². The first-order valence-electron chi connectivity index (χ1n) is 20.3. The molecule has 0 fully saturated rings. The largest absolute Gasteiger partial charge is 0.496 e. The van der Waals surface area contributed by atoms with Gasteiger partial charge in [-0.15, -0.1) is 11.3 Å². The number of methoxy groups -OCH3 is 1. The van der Waals surface area contributed by atoms with Crippen molar-refractivity contribution in [2.45, 2.75) is 32.2 Å². The lowest BCUT2D eigenvalue weighted by Gasteiger charge is -2.26. The number of thiophene rings is 1. The molecule has 4 aromatic carbocycles. The van der Waals surface area contributed by atoms with Gasteiger partial charge in [0.15, 0.2) is 5.82 Å². The molecule has 4 bridgehead atoms. The average Bonchev–Trinajstić information content (AvgIpc) is 3.68. The number of ether oxygens (including phenoxy) is 5. The van der Waals surface area contributed by atoms with E-state index in [0.717, 1.165) is 0 Å². The lowest BCUT2D eigenvalue weighted by molar-refractivity contribution is -0.145. The summed E-state index contributed by atoms with van der Waals surface area (Å²) in [5.41, 5.74) is 4.26. The summed E-state index contributed by atoms with van der Waals surface area (Å²) in [6.07, 6.45) is 1.76. The zero-order valence-electron chi connectivity index (χ0n) is 35.7. The number of para-hydroxylation sites is 1. The van der Waals surface area contributed by atoms with Crippen molar-refractivity contribution in [3.63, 3.8) is 0 Å². The Kier molecular flexibility index (Phi) is 13.5. The Morgan fingerprint density at radius 3 is 2.57 bits per heavy atom. The number of aromatic nitrogens is 4. The lowest BCUT2D eigenvalue weighted by Crippen LogP contribution is -2.39. The van der Waals surface area contributed by atoms with Crippen molar-refractivity contribution in [3.8, 4) is 61.8 Å². The number of hydrogen-bond acceptors (Lipinski definition) is 14. The second-order valence-corrected chi connectivity index (χ2v) is 19.1. The number of carbonyl (C=O) groups is 1. The fraction of sp³-hybridized carbons (Fsp3) is 0.255. The van der Waals surface area contributed by atoms with Gasteiger partial charge in [0.25, 0.3) is 0 Å². The normalized spacial score (nSPS) is 15.2. The molecule has 7 aromatic rings. The molecule has 14 nitrogen and oxygen atoms in total. The number of fused-ring (bicyclic) bond motifs is 7. The number of carboxylic acids is 1.